The molecule has 0 radical (unpaired) electrons. The largest absolute Gasteiger partial charge is 0.355 e. The Hall–Kier alpha value is -0.580. The van der Waals surface area contributed by atoms with Gasteiger partial charge in [0.05, 0.1) is 5.75 Å². The Kier molecular flexibility index (Phi) is 1.49. The lowest BCUT2D eigenvalue weighted by Gasteiger charge is -2.17. The molecule has 0 aliphatic carbocycles. The number of nitrogens with one attached hydrogen (secondary N) is 1. The number of hydrogen-bond donors (Lipinski definition) is 1. The number of carbonyl (C=O) groups is 1. The van der Waals surface area contributed by atoms with Crippen LogP contribution in [-0.4, -0.2) is 31.4 Å². The molecule has 0 aromatic rings. The molecule has 2 aliphatic heterocycles. The Balaban J connectivity index is 2.49. The van der Waals surface area contributed by atoms with Gasteiger partial charge in [0.1, 0.15) is 0 Å². The van der Waals surface area contributed by atoms with Crippen molar-refractivity contribution in [1.82, 2.24) is 5.32 Å². The van der Waals surface area contributed by atoms with Crippen molar-refractivity contribution in [2.24, 2.45) is 0 Å². The average Bonchev–Trinajstić information content (AvgIpc) is 2.45. The molecule has 1 atom stereocenters. The van der Waals surface area contributed by atoms with Crippen LogP contribution < -0.4 is 5.32 Å². The lowest BCUT2D eigenvalue weighted by atomic mass is 10.0. The molecule has 68 valence electrons. The zero-order valence-electron chi connectivity index (χ0n) is 6.67. The second-order valence-corrected chi connectivity index (χ2v) is 5.84. The van der Waals surface area contributed by atoms with Crippen LogP contribution in [0, 0.1) is 0 Å². The topological polar surface area (TPSA) is 63.2 Å². The maximum atomic E-state index is 11.5. The van der Waals surface area contributed by atoms with Gasteiger partial charge in [0.15, 0.2) is 14.6 Å². The zero-order valence-corrected chi connectivity index (χ0v) is 7.49. The third-order valence-corrected chi connectivity index (χ3v) is 5.43. The van der Waals surface area contributed by atoms with Crippen LogP contribution in [0.5, 0.6) is 0 Å². The molecule has 2 fully saturated rings. The predicted octanol–water partition coefficient (Wildman–Crippen LogP) is -0.546. The average molecular weight is 189 g/mol. The fraction of sp³-hybridized carbons (Fsp3) is 0.857. The van der Waals surface area contributed by atoms with E-state index in [4.69, 9.17) is 0 Å². The third-order valence-electron chi connectivity index (χ3n) is 2.82. The van der Waals surface area contributed by atoms with Gasteiger partial charge < -0.3 is 5.32 Å². The number of rotatable bonds is 0. The lowest BCUT2D eigenvalue weighted by Crippen LogP contribution is -2.42. The van der Waals surface area contributed by atoms with Crippen molar-refractivity contribution in [2.75, 3.05) is 12.3 Å². The van der Waals surface area contributed by atoms with Crippen LogP contribution in [0.4, 0.5) is 0 Å². The highest BCUT2D eigenvalue weighted by atomic mass is 32.2. The van der Waals surface area contributed by atoms with E-state index in [1.807, 2.05) is 0 Å². The van der Waals surface area contributed by atoms with Gasteiger partial charge >= 0.3 is 0 Å². The standard InChI is InChI=1S/C7H11NO3S/c9-6-7(3-4-8-6)2-1-5-12(7,10)11/h1-5H2,(H,8,9). The van der Waals surface area contributed by atoms with E-state index < -0.39 is 14.6 Å². The molecule has 1 amide bonds. The molecule has 0 aromatic carbocycles. The van der Waals surface area contributed by atoms with Crippen LogP contribution in [0.15, 0.2) is 0 Å². The van der Waals surface area contributed by atoms with Crippen LogP contribution >= 0.6 is 0 Å². The van der Waals surface area contributed by atoms with Gasteiger partial charge in [-0.1, -0.05) is 0 Å². The van der Waals surface area contributed by atoms with E-state index in [0.29, 0.717) is 25.8 Å². The van der Waals surface area contributed by atoms with E-state index in [0.717, 1.165) is 0 Å². The molecule has 2 heterocycles. The molecule has 0 aromatic heterocycles. The summed E-state index contributed by atoms with van der Waals surface area (Å²) in [5.41, 5.74) is 0. The van der Waals surface area contributed by atoms with E-state index in [-0.39, 0.29) is 11.7 Å². The summed E-state index contributed by atoms with van der Waals surface area (Å²) in [5.74, 6) is -0.0968. The molecular weight excluding hydrogens is 178 g/mol. The first kappa shape index (κ1) is 8.04. The van der Waals surface area contributed by atoms with Gasteiger partial charge in [0.2, 0.25) is 5.91 Å². The quantitative estimate of drug-likeness (QED) is 0.556. The first-order chi connectivity index (χ1) is 5.58. The van der Waals surface area contributed by atoms with Crippen LogP contribution in [0.2, 0.25) is 0 Å². The highest BCUT2D eigenvalue weighted by molar-refractivity contribution is 7.93. The van der Waals surface area contributed by atoms with Gasteiger partial charge in [0, 0.05) is 6.54 Å². The van der Waals surface area contributed by atoms with Crippen molar-refractivity contribution in [1.29, 1.82) is 0 Å². The van der Waals surface area contributed by atoms with Crippen LogP contribution in [-0.2, 0) is 14.6 Å². The molecule has 2 rings (SSSR count). The molecule has 5 heteroatoms. The minimum atomic E-state index is -3.15. The summed E-state index contributed by atoms with van der Waals surface area (Å²) in [6.45, 7) is 0.512. The van der Waals surface area contributed by atoms with Crippen LogP contribution in [0.25, 0.3) is 0 Å². The molecule has 4 nitrogen and oxygen atoms in total. The molecule has 0 saturated carbocycles. The van der Waals surface area contributed by atoms with Gasteiger partial charge in [0.25, 0.3) is 0 Å². The van der Waals surface area contributed by atoms with E-state index in [2.05, 4.69) is 5.32 Å². The summed E-state index contributed by atoms with van der Waals surface area (Å²) >= 11 is 0. The second-order valence-electron chi connectivity index (χ2n) is 3.42. The van der Waals surface area contributed by atoms with Gasteiger partial charge in [-0.25, -0.2) is 8.42 Å². The minimum Gasteiger partial charge on any atom is -0.355 e. The summed E-state index contributed by atoms with van der Waals surface area (Å²) in [5, 5.41) is 2.59. The Morgan fingerprint density at radius 3 is 2.50 bits per heavy atom. The number of amides is 1. The van der Waals surface area contributed by atoms with E-state index in [1.165, 1.54) is 0 Å². The molecule has 0 bridgehead atoms. The lowest BCUT2D eigenvalue weighted by molar-refractivity contribution is -0.121. The summed E-state index contributed by atoms with van der Waals surface area (Å²) in [6, 6.07) is 0. The SMILES string of the molecule is O=C1NCCC12CCCS2(=O)=O. The Bertz CT molecular complexity index is 318. The first-order valence-corrected chi connectivity index (χ1v) is 5.74. The highest BCUT2D eigenvalue weighted by Crippen LogP contribution is 2.37. The Labute approximate surface area is 71.3 Å². The molecule has 1 spiro atoms. The van der Waals surface area contributed by atoms with Crippen molar-refractivity contribution in [3.63, 3.8) is 0 Å². The molecule has 1 unspecified atom stereocenters. The van der Waals surface area contributed by atoms with Crippen molar-refractivity contribution in [3.8, 4) is 0 Å². The highest BCUT2D eigenvalue weighted by Gasteiger charge is 2.55. The number of hydrogen-bond acceptors (Lipinski definition) is 3. The fourth-order valence-electron chi connectivity index (χ4n) is 2.09. The van der Waals surface area contributed by atoms with E-state index in [9.17, 15) is 13.2 Å². The van der Waals surface area contributed by atoms with Gasteiger partial charge in [-0.2, -0.15) is 0 Å². The summed E-state index contributed by atoms with van der Waals surface area (Å²) < 4.78 is 22.0. The molecular formula is C7H11NO3S. The fourth-order valence-corrected chi connectivity index (χ4v) is 4.22. The van der Waals surface area contributed by atoms with Crippen LogP contribution in [0.3, 0.4) is 0 Å². The molecule has 2 saturated heterocycles. The first-order valence-electron chi connectivity index (χ1n) is 4.09. The molecule has 12 heavy (non-hydrogen) atoms. The molecule has 2 aliphatic rings. The maximum absolute atomic E-state index is 11.5. The Morgan fingerprint density at radius 2 is 2.08 bits per heavy atom. The van der Waals surface area contributed by atoms with E-state index >= 15 is 0 Å². The van der Waals surface area contributed by atoms with Crippen LogP contribution in [0.1, 0.15) is 19.3 Å². The zero-order chi connectivity index (χ0) is 8.82. The van der Waals surface area contributed by atoms with Crippen molar-refractivity contribution in [3.05, 3.63) is 0 Å². The smallest absolute Gasteiger partial charge is 0.241 e. The maximum Gasteiger partial charge on any atom is 0.241 e. The predicted molar refractivity (Wildman–Crippen MR) is 43.4 cm³/mol. The minimum absolute atomic E-state index is 0.181. The van der Waals surface area contributed by atoms with Gasteiger partial charge in [-0.15, -0.1) is 0 Å². The third kappa shape index (κ3) is 0.772. The van der Waals surface area contributed by atoms with Gasteiger partial charge in [-0.3, -0.25) is 4.79 Å². The summed E-state index contributed by atoms with van der Waals surface area (Å²) in [4.78, 5) is 11.3. The Morgan fingerprint density at radius 1 is 1.33 bits per heavy atom. The second kappa shape index (κ2) is 2.22. The number of sulfone groups is 1. The van der Waals surface area contributed by atoms with Crippen molar-refractivity contribution in [2.45, 2.75) is 24.0 Å². The molecule has 1 N–H and O–H groups in total. The van der Waals surface area contributed by atoms with Crippen molar-refractivity contribution < 1.29 is 13.2 Å². The van der Waals surface area contributed by atoms with Crippen molar-refractivity contribution >= 4 is 15.7 Å². The van der Waals surface area contributed by atoms with E-state index in [1.54, 1.807) is 0 Å². The number of carbonyl (C=O) groups excluding carboxylic acids is 1. The summed E-state index contributed by atoms with van der Waals surface area (Å²) in [6.07, 6.45) is 1.62. The summed E-state index contributed by atoms with van der Waals surface area (Å²) in [7, 11) is -3.15. The normalized spacial score (nSPS) is 38.8. The van der Waals surface area contributed by atoms with Gasteiger partial charge in [-0.05, 0) is 19.3 Å². The monoisotopic (exact) mass is 189 g/mol.